The number of hydrogen-bond acceptors (Lipinski definition) is 4. The maximum atomic E-state index is 12.3. The maximum Gasteiger partial charge on any atom is 0.311 e. The number of unbranched alkanes of at least 4 members (excludes halogenated alkanes) is 14. The Kier molecular flexibility index (Phi) is 16.7. The van der Waals surface area contributed by atoms with E-state index in [1.54, 1.807) is 6.92 Å². The summed E-state index contributed by atoms with van der Waals surface area (Å²) >= 11 is 6.04. The first kappa shape index (κ1) is 29.4. The monoisotopic (exact) mass is 480 g/mol. The lowest BCUT2D eigenvalue weighted by atomic mass is 10.0. The van der Waals surface area contributed by atoms with Crippen molar-refractivity contribution in [3.05, 3.63) is 22.5 Å². The molecule has 1 aromatic heterocycles. The van der Waals surface area contributed by atoms with Gasteiger partial charge in [-0.15, -0.1) is 0 Å². The predicted molar refractivity (Wildman–Crippen MR) is 137 cm³/mol. The summed E-state index contributed by atoms with van der Waals surface area (Å²) in [7, 11) is 0. The molecule has 33 heavy (non-hydrogen) atoms. The Hall–Kier alpha value is -1.62. The Morgan fingerprint density at radius 1 is 0.848 bits per heavy atom. The number of hydrogen-bond donors (Lipinski definition) is 1. The maximum absolute atomic E-state index is 12.3. The first-order valence-corrected chi connectivity index (χ1v) is 13.5. The molecule has 0 radical (unpaired) electrons. The molecule has 1 heterocycles. The van der Waals surface area contributed by atoms with Crippen molar-refractivity contribution in [1.29, 1.82) is 0 Å². The van der Waals surface area contributed by atoms with Crippen molar-refractivity contribution in [1.82, 2.24) is 10.3 Å². The molecule has 1 amide bonds. The van der Waals surface area contributed by atoms with E-state index in [-0.39, 0.29) is 28.3 Å². The van der Waals surface area contributed by atoms with E-state index < -0.39 is 0 Å². The number of nitrogens with zero attached hydrogens (tertiary/aromatic N) is 1. The fraction of sp³-hybridized carbons (Fsp3) is 0.741. The molecule has 1 N–H and O–H groups in total. The molecular weight excluding hydrogens is 436 g/mol. The van der Waals surface area contributed by atoms with Gasteiger partial charge in [0.2, 0.25) is 0 Å². The van der Waals surface area contributed by atoms with Gasteiger partial charge in [-0.25, -0.2) is 4.98 Å². The minimum absolute atomic E-state index is 0.175. The highest BCUT2D eigenvalue weighted by Gasteiger charge is 2.20. The number of halogens is 1. The molecule has 0 aliphatic carbocycles. The van der Waals surface area contributed by atoms with Gasteiger partial charge in [0.1, 0.15) is 5.15 Å². The van der Waals surface area contributed by atoms with Crippen molar-refractivity contribution in [3.63, 3.8) is 0 Å². The molecule has 5 nitrogen and oxygen atoms in total. The fourth-order valence-electron chi connectivity index (χ4n) is 3.99. The number of carbonyl (C=O) groups is 2. The number of carbonyl (C=O) groups excluding carboxylic acids is 2. The second-order valence-electron chi connectivity index (χ2n) is 8.95. The Labute approximate surface area is 206 Å². The molecule has 0 unspecified atom stereocenters. The van der Waals surface area contributed by atoms with E-state index in [1.165, 1.54) is 83.2 Å². The molecule has 0 bridgehead atoms. The van der Waals surface area contributed by atoms with E-state index in [0.29, 0.717) is 18.5 Å². The third-order valence-electron chi connectivity index (χ3n) is 6.00. The lowest BCUT2D eigenvalue weighted by molar-refractivity contribution is -0.134. The molecule has 0 saturated heterocycles. The van der Waals surface area contributed by atoms with Crippen LogP contribution in [-0.4, -0.2) is 23.4 Å². The van der Waals surface area contributed by atoms with Crippen LogP contribution < -0.4 is 10.1 Å². The Bertz CT molecular complexity index is 694. The number of aromatic nitrogens is 1. The van der Waals surface area contributed by atoms with Crippen LogP contribution in [0.1, 0.15) is 133 Å². The largest absolute Gasteiger partial charge is 0.424 e. The topological polar surface area (TPSA) is 68.3 Å². The molecule has 6 heteroatoms. The smallest absolute Gasteiger partial charge is 0.311 e. The first-order valence-electron chi connectivity index (χ1n) is 13.1. The number of pyridine rings is 1. The van der Waals surface area contributed by atoms with Gasteiger partial charge < -0.3 is 10.1 Å². The summed E-state index contributed by atoms with van der Waals surface area (Å²) < 4.78 is 5.45. The SMILES string of the molecule is CCCCCCCCCCCCCCCCCC(=O)Oc1cnc(Cl)c(C)c1C(=O)NCC. The van der Waals surface area contributed by atoms with Crippen molar-refractivity contribution in [2.75, 3.05) is 6.54 Å². The zero-order valence-corrected chi connectivity index (χ0v) is 21.9. The summed E-state index contributed by atoms with van der Waals surface area (Å²) in [6, 6.07) is 0. The molecule has 1 rings (SSSR count). The predicted octanol–water partition coefficient (Wildman–Crippen LogP) is 7.96. The van der Waals surface area contributed by atoms with E-state index in [9.17, 15) is 9.59 Å². The zero-order chi connectivity index (χ0) is 24.3. The summed E-state index contributed by atoms with van der Waals surface area (Å²) in [5, 5.41) is 2.96. The molecule has 0 spiro atoms. The summed E-state index contributed by atoms with van der Waals surface area (Å²) in [4.78, 5) is 28.6. The number of ether oxygens (including phenoxy) is 1. The second-order valence-corrected chi connectivity index (χ2v) is 9.30. The number of nitrogens with one attached hydrogen (secondary N) is 1. The average Bonchev–Trinajstić information content (AvgIpc) is 2.79. The first-order chi connectivity index (χ1) is 16.0. The van der Waals surface area contributed by atoms with Crippen LogP contribution in [0.25, 0.3) is 0 Å². The van der Waals surface area contributed by atoms with Gasteiger partial charge in [-0.3, -0.25) is 9.59 Å². The second kappa shape index (κ2) is 18.8. The van der Waals surface area contributed by atoms with E-state index in [2.05, 4.69) is 17.2 Å². The van der Waals surface area contributed by atoms with Gasteiger partial charge in [0, 0.05) is 18.5 Å². The fourth-order valence-corrected chi connectivity index (χ4v) is 4.13. The molecule has 0 fully saturated rings. The molecule has 0 aliphatic heterocycles. The van der Waals surface area contributed by atoms with Crippen LogP contribution in [-0.2, 0) is 4.79 Å². The van der Waals surface area contributed by atoms with Crippen molar-refractivity contribution >= 4 is 23.5 Å². The van der Waals surface area contributed by atoms with Gasteiger partial charge in [0.25, 0.3) is 5.91 Å². The van der Waals surface area contributed by atoms with Crippen LogP contribution in [0.15, 0.2) is 6.20 Å². The lowest BCUT2D eigenvalue weighted by Gasteiger charge is -2.13. The lowest BCUT2D eigenvalue weighted by Crippen LogP contribution is -2.25. The van der Waals surface area contributed by atoms with Crippen molar-refractivity contribution in [2.24, 2.45) is 0 Å². The van der Waals surface area contributed by atoms with Gasteiger partial charge >= 0.3 is 5.97 Å². The van der Waals surface area contributed by atoms with Gasteiger partial charge in [-0.1, -0.05) is 108 Å². The number of amides is 1. The van der Waals surface area contributed by atoms with Gasteiger partial charge in [0.05, 0.1) is 11.8 Å². The van der Waals surface area contributed by atoms with E-state index in [1.807, 2.05) is 6.92 Å². The Morgan fingerprint density at radius 2 is 1.33 bits per heavy atom. The molecule has 0 aliphatic rings. The quantitative estimate of drug-likeness (QED) is 0.124. The summed E-state index contributed by atoms with van der Waals surface area (Å²) in [5.74, 6) is -0.471. The number of esters is 1. The van der Waals surface area contributed by atoms with Crippen LogP contribution in [0.2, 0.25) is 5.15 Å². The third kappa shape index (κ3) is 13.0. The van der Waals surface area contributed by atoms with Crippen LogP contribution >= 0.6 is 11.6 Å². The Morgan fingerprint density at radius 3 is 1.82 bits per heavy atom. The van der Waals surface area contributed by atoms with Crippen LogP contribution in [0.4, 0.5) is 0 Å². The highest BCUT2D eigenvalue weighted by molar-refractivity contribution is 6.30. The molecular formula is C27H45ClN2O3. The van der Waals surface area contributed by atoms with Crippen molar-refractivity contribution in [2.45, 2.75) is 124 Å². The van der Waals surface area contributed by atoms with E-state index in [4.69, 9.17) is 16.3 Å². The normalized spacial score (nSPS) is 10.9. The van der Waals surface area contributed by atoms with Gasteiger partial charge in [-0.05, 0) is 20.3 Å². The summed E-state index contributed by atoms with van der Waals surface area (Å²) in [6.45, 7) is 6.27. The van der Waals surface area contributed by atoms with Gasteiger partial charge in [-0.2, -0.15) is 0 Å². The van der Waals surface area contributed by atoms with E-state index >= 15 is 0 Å². The molecule has 0 saturated carbocycles. The standard InChI is InChI=1S/C27H45ClN2O3/c1-4-6-7-8-9-10-11-12-13-14-15-16-17-18-19-20-24(31)33-23-21-30-26(28)22(3)25(23)27(32)29-5-2/h21H,4-20H2,1-3H3,(H,29,32). The van der Waals surface area contributed by atoms with Crippen molar-refractivity contribution < 1.29 is 14.3 Å². The summed E-state index contributed by atoms with van der Waals surface area (Å²) in [5.41, 5.74) is 0.793. The average molecular weight is 481 g/mol. The minimum atomic E-state index is -0.334. The molecule has 0 atom stereocenters. The van der Waals surface area contributed by atoms with Crippen LogP contribution in [0.5, 0.6) is 5.75 Å². The zero-order valence-electron chi connectivity index (χ0n) is 21.1. The van der Waals surface area contributed by atoms with Crippen LogP contribution in [0.3, 0.4) is 0 Å². The molecule has 0 aromatic carbocycles. The Balaban J connectivity index is 2.12. The van der Waals surface area contributed by atoms with E-state index in [0.717, 1.165) is 19.3 Å². The highest BCUT2D eigenvalue weighted by Crippen LogP contribution is 2.26. The van der Waals surface area contributed by atoms with Crippen molar-refractivity contribution in [3.8, 4) is 5.75 Å². The molecule has 1 aromatic rings. The van der Waals surface area contributed by atoms with Gasteiger partial charge in [0.15, 0.2) is 5.75 Å². The third-order valence-corrected chi connectivity index (χ3v) is 6.38. The number of rotatable bonds is 19. The molecule has 188 valence electrons. The van der Waals surface area contributed by atoms with Crippen LogP contribution in [0, 0.1) is 6.92 Å². The minimum Gasteiger partial charge on any atom is -0.424 e. The highest BCUT2D eigenvalue weighted by atomic mass is 35.5. The summed E-state index contributed by atoms with van der Waals surface area (Å²) in [6.07, 6.45) is 20.9.